The Hall–Kier alpha value is -3.86. The van der Waals surface area contributed by atoms with Crippen LogP contribution in [0.1, 0.15) is 5.82 Å². The van der Waals surface area contributed by atoms with E-state index in [1.54, 1.807) is 49.1 Å². The van der Waals surface area contributed by atoms with Crippen molar-refractivity contribution in [2.75, 3.05) is 52.8 Å². The molecule has 1 fully saturated rings. The number of anilines is 1. The summed E-state index contributed by atoms with van der Waals surface area (Å²) in [6.07, 6.45) is 0. The molecule has 3 aromatic rings. The number of nitrogens with zero attached hydrogens (tertiary/aromatic N) is 6. The summed E-state index contributed by atoms with van der Waals surface area (Å²) in [6.45, 7) is 3.22. The van der Waals surface area contributed by atoms with Crippen LogP contribution < -0.4 is 19.5 Å². The standard InChI is InChI=1S/C22H27N7O4/c1-31-18-7-5-17(6-8-18)29-21(24-25-26-29)15-27-10-12-28(13-11-27)22(30)23-16-4-9-19(32-2)20(14-16)33-3/h4-9,14H,10-13,15H2,1-3H3,(H,23,30). The van der Waals surface area contributed by atoms with E-state index in [2.05, 4.69) is 25.7 Å². The maximum absolute atomic E-state index is 12.7. The van der Waals surface area contributed by atoms with E-state index in [0.29, 0.717) is 36.8 Å². The minimum absolute atomic E-state index is 0.148. The van der Waals surface area contributed by atoms with Gasteiger partial charge in [-0.05, 0) is 46.8 Å². The third kappa shape index (κ3) is 5.14. The van der Waals surface area contributed by atoms with Gasteiger partial charge in [0.25, 0.3) is 0 Å². The zero-order valence-corrected chi connectivity index (χ0v) is 18.9. The van der Waals surface area contributed by atoms with Crippen molar-refractivity contribution in [2.45, 2.75) is 6.54 Å². The third-order valence-corrected chi connectivity index (χ3v) is 5.51. The number of aromatic nitrogens is 4. The molecule has 11 nitrogen and oxygen atoms in total. The van der Waals surface area contributed by atoms with Crippen LogP contribution in [0, 0.1) is 0 Å². The highest BCUT2D eigenvalue weighted by Gasteiger charge is 2.23. The van der Waals surface area contributed by atoms with Crippen LogP contribution in [-0.4, -0.2) is 83.5 Å². The highest BCUT2D eigenvalue weighted by Crippen LogP contribution is 2.29. The molecule has 4 rings (SSSR count). The van der Waals surface area contributed by atoms with Crippen molar-refractivity contribution in [3.05, 3.63) is 48.3 Å². The Labute approximate surface area is 191 Å². The summed E-state index contributed by atoms with van der Waals surface area (Å²) in [4.78, 5) is 16.7. The molecule has 1 N–H and O–H groups in total. The number of benzene rings is 2. The minimum Gasteiger partial charge on any atom is -0.497 e. The number of tetrazole rings is 1. The van der Waals surface area contributed by atoms with Crippen LogP contribution in [0.4, 0.5) is 10.5 Å². The molecule has 1 saturated heterocycles. The normalized spacial score (nSPS) is 14.1. The second-order valence-corrected chi connectivity index (χ2v) is 7.47. The van der Waals surface area contributed by atoms with Gasteiger partial charge in [-0.3, -0.25) is 4.90 Å². The summed E-state index contributed by atoms with van der Waals surface area (Å²) >= 11 is 0. The maximum Gasteiger partial charge on any atom is 0.321 e. The van der Waals surface area contributed by atoms with E-state index in [1.807, 2.05) is 24.3 Å². The van der Waals surface area contributed by atoms with E-state index in [1.165, 1.54) is 0 Å². The molecule has 0 saturated carbocycles. The fraction of sp³-hybridized carbons (Fsp3) is 0.364. The van der Waals surface area contributed by atoms with Gasteiger partial charge in [0.2, 0.25) is 0 Å². The number of ether oxygens (including phenoxy) is 3. The molecule has 0 spiro atoms. The van der Waals surface area contributed by atoms with Gasteiger partial charge < -0.3 is 24.4 Å². The van der Waals surface area contributed by atoms with E-state index in [4.69, 9.17) is 14.2 Å². The number of nitrogens with one attached hydrogen (secondary N) is 1. The van der Waals surface area contributed by atoms with Crippen LogP contribution in [0.25, 0.3) is 5.69 Å². The molecule has 1 aromatic heterocycles. The van der Waals surface area contributed by atoms with Crippen molar-refractivity contribution >= 4 is 11.7 Å². The lowest BCUT2D eigenvalue weighted by molar-refractivity contribution is 0.140. The van der Waals surface area contributed by atoms with E-state index in [0.717, 1.165) is 30.4 Å². The topological polar surface area (TPSA) is 107 Å². The second kappa shape index (κ2) is 10.2. The number of carbonyl (C=O) groups excluding carboxylic acids is 1. The van der Waals surface area contributed by atoms with Crippen molar-refractivity contribution in [3.63, 3.8) is 0 Å². The first-order valence-corrected chi connectivity index (χ1v) is 10.5. The van der Waals surface area contributed by atoms with Gasteiger partial charge in [0.15, 0.2) is 17.3 Å². The molecule has 0 bridgehead atoms. The molecule has 11 heteroatoms. The Kier molecular flexibility index (Phi) is 6.89. The lowest BCUT2D eigenvalue weighted by Gasteiger charge is -2.34. The molecular weight excluding hydrogens is 426 g/mol. The van der Waals surface area contributed by atoms with Crippen molar-refractivity contribution in [3.8, 4) is 22.9 Å². The highest BCUT2D eigenvalue weighted by molar-refractivity contribution is 5.89. The van der Waals surface area contributed by atoms with Gasteiger partial charge in [-0.15, -0.1) is 5.10 Å². The van der Waals surface area contributed by atoms with E-state index in [-0.39, 0.29) is 6.03 Å². The Morgan fingerprint density at radius 1 is 0.939 bits per heavy atom. The van der Waals surface area contributed by atoms with Crippen LogP contribution in [0.2, 0.25) is 0 Å². The lowest BCUT2D eigenvalue weighted by Crippen LogP contribution is -2.49. The second-order valence-electron chi connectivity index (χ2n) is 7.47. The van der Waals surface area contributed by atoms with Crippen LogP contribution >= 0.6 is 0 Å². The SMILES string of the molecule is COc1ccc(-n2nnnc2CN2CCN(C(=O)Nc3ccc(OC)c(OC)c3)CC2)cc1. The minimum atomic E-state index is -0.148. The number of piperazine rings is 1. The molecule has 174 valence electrons. The number of amides is 2. The smallest absolute Gasteiger partial charge is 0.321 e. The van der Waals surface area contributed by atoms with Crippen LogP contribution in [0.3, 0.4) is 0 Å². The van der Waals surface area contributed by atoms with Crippen molar-refractivity contribution < 1.29 is 19.0 Å². The predicted octanol–water partition coefficient (Wildman–Crippen LogP) is 2.04. The van der Waals surface area contributed by atoms with E-state index >= 15 is 0 Å². The first kappa shape index (κ1) is 22.3. The molecule has 2 amide bonds. The van der Waals surface area contributed by atoms with Gasteiger partial charge in [-0.1, -0.05) is 0 Å². The predicted molar refractivity (Wildman–Crippen MR) is 121 cm³/mol. The summed E-state index contributed by atoms with van der Waals surface area (Å²) in [6, 6.07) is 12.7. The van der Waals surface area contributed by atoms with Gasteiger partial charge in [0.05, 0.1) is 33.6 Å². The van der Waals surface area contributed by atoms with Crippen molar-refractivity contribution in [1.29, 1.82) is 0 Å². The Morgan fingerprint density at radius 2 is 1.67 bits per heavy atom. The average molecular weight is 454 g/mol. The van der Waals surface area contributed by atoms with Gasteiger partial charge >= 0.3 is 6.03 Å². The van der Waals surface area contributed by atoms with Crippen LogP contribution in [-0.2, 0) is 6.54 Å². The number of hydrogen-bond acceptors (Lipinski definition) is 8. The number of carbonyl (C=O) groups is 1. The average Bonchev–Trinajstić information content (AvgIpc) is 3.32. The van der Waals surface area contributed by atoms with Gasteiger partial charge in [0.1, 0.15) is 5.75 Å². The molecule has 1 aliphatic rings. The number of methoxy groups -OCH3 is 3. The molecule has 0 radical (unpaired) electrons. The third-order valence-electron chi connectivity index (χ3n) is 5.51. The summed E-state index contributed by atoms with van der Waals surface area (Å²) in [5.41, 5.74) is 1.52. The van der Waals surface area contributed by atoms with Crippen molar-refractivity contribution in [1.82, 2.24) is 30.0 Å². The summed E-state index contributed by atoms with van der Waals surface area (Å²) in [5.74, 6) is 2.69. The largest absolute Gasteiger partial charge is 0.497 e. The first-order valence-electron chi connectivity index (χ1n) is 10.5. The molecule has 2 heterocycles. The van der Waals surface area contributed by atoms with Crippen LogP contribution in [0.15, 0.2) is 42.5 Å². The first-order chi connectivity index (χ1) is 16.1. The fourth-order valence-electron chi connectivity index (χ4n) is 3.65. The lowest BCUT2D eigenvalue weighted by atomic mass is 10.2. The molecule has 0 unspecified atom stereocenters. The molecular formula is C22H27N7O4. The Bertz CT molecular complexity index is 1080. The fourth-order valence-corrected chi connectivity index (χ4v) is 3.65. The Balaban J connectivity index is 1.32. The van der Waals surface area contributed by atoms with Gasteiger partial charge in [-0.25, -0.2) is 4.79 Å². The van der Waals surface area contributed by atoms with Crippen LogP contribution in [0.5, 0.6) is 17.2 Å². The summed E-state index contributed by atoms with van der Waals surface area (Å²) in [7, 11) is 4.77. The van der Waals surface area contributed by atoms with Gasteiger partial charge in [0, 0.05) is 37.9 Å². The van der Waals surface area contributed by atoms with E-state index < -0.39 is 0 Å². The van der Waals surface area contributed by atoms with E-state index in [9.17, 15) is 4.79 Å². The van der Waals surface area contributed by atoms with Gasteiger partial charge in [-0.2, -0.15) is 4.68 Å². The molecule has 33 heavy (non-hydrogen) atoms. The molecule has 2 aromatic carbocycles. The number of rotatable bonds is 7. The maximum atomic E-state index is 12.7. The number of urea groups is 1. The summed E-state index contributed by atoms with van der Waals surface area (Å²) < 4.78 is 17.5. The molecule has 0 atom stereocenters. The Morgan fingerprint density at radius 3 is 2.33 bits per heavy atom. The highest BCUT2D eigenvalue weighted by atomic mass is 16.5. The zero-order chi connectivity index (χ0) is 23.2. The van der Waals surface area contributed by atoms with Crippen molar-refractivity contribution in [2.24, 2.45) is 0 Å². The quantitative estimate of drug-likeness (QED) is 0.579. The molecule has 0 aliphatic carbocycles. The summed E-state index contributed by atoms with van der Waals surface area (Å²) in [5, 5.41) is 15.1. The number of hydrogen-bond donors (Lipinski definition) is 1. The molecule has 1 aliphatic heterocycles. The zero-order valence-electron chi connectivity index (χ0n) is 18.9. The monoisotopic (exact) mass is 453 g/mol.